The van der Waals surface area contributed by atoms with Crippen LogP contribution in [0.25, 0.3) is 22.3 Å². The van der Waals surface area contributed by atoms with Crippen LogP contribution in [0.5, 0.6) is 0 Å². The van der Waals surface area contributed by atoms with Crippen molar-refractivity contribution in [3.8, 4) is 11.3 Å². The third kappa shape index (κ3) is 6.60. The number of hydrogen-bond donors (Lipinski definition) is 1. The number of amides is 1. The number of aryl methyl sites for hydroxylation is 1. The summed E-state index contributed by atoms with van der Waals surface area (Å²) in [6.45, 7) is 14.9. The lowest BCUT2D eigenvalue weighted by Gasteiger charge is -2.35. The average Bonchev–Trinajstić information content (AvgIpc) is 3.30. The summed E-state index contributed by atoms with van der Waals surface area (Å²) < 4.78 is 37.4. The number of nitrogens with one attached hydrogen (secondary N) is 1. The Labute approximate surface area is 250 Å². The molecule has 1 aliphatic heterocycles. The Morgan fingerprint density at radius 2 is 1.74 bits per heavy atom. The Bertz CT molecular complexity index is 1620. The highest BCUT2D eigenvalue weighted by Gasteiger charge is 2.30. The first-order chi connectivity index (χ1) is 20.3. The predicted molar refractivity (Wildman–Crippen MR) is 162 cm³/mol. The minimum absolute atomic E-state index is 0.0181. The smallest absolute Gasteiger partial charge is 0.410 e. The van der Waals surface area contributed by atoms with Crippen molar-refractivity contribution in [3.05, 3.63) is 59.7 Å². The second-order valence-corrected chi connectivity index (χ2v) is 12.5. The molecule has 11 heteroatoms. The number of anilines is 2. The molecule has 1 N–H and O–H groups in total. The maximum atomic E-state index is 15.0. The second kappa shape index (κ2) is 11.9. The number of carbonyl (C=O) groups is 1. The Morgan fingerprint density at radius 3 is 2.37 bits per heavy atom. The van der Waals surface area contributed by atoms with Crippen LogP contribution >= 0.6 is 0 Å². The van der Waals surface area contributed by atoms with Crippen LogP contribution in [-0.2, 0) is 4.74 Å². The van der Waals surface area contributed by atoms with E-state index in [9.17, 15) is 9.18 Å². The first-order valence-electron chi connectivity index (χ1n) is 14.7. The molecule has 1 aromatic carbocycles. The molecule has 1 unspecified atom stereocenters. The van der Waals surface area contributed by atoms with Crippen LogP contribution in [0.1, 0.15) is 77.7 Å². The zero-order valence-electron chi connectivity index (χ0n) is 25.8. The lowest BCUT2D eigenvalue weighted by atomic mass is 9.82. The molecule has 1 atom stereocenters. The van der Waals surface area contributed by atoms with E-state index in [-0.39, 0.29) is 35.2 Å². The molecule has 0 radical (unpaired) electrons. The lowest BCUT2D eigenvalue weighted by Crippen LogP contribution is -2.42. The Balaban J connectivity index is 1.28. The molecule has 1 saturated heterocycles. The SMILES string of the molecule is Cc1nc2c(F)cc(-c3nc(Nc4ccc(C(C)C5CCN(C(=O)OC(C)(C)C)CC5)cn4)ncc3F)cc2n1C(C)C. The first-order valence-corrected chi connectivity index (χ1v) is 14.7. The fourth-order valence-electron chi connectivity index (χ4n) is 5.73. The minimum Gasteiger partial charge on any atom is -0.444 e. The van der Waals surface area contributed by atoms with E-state index in [0.29, 0.717) is 41.7 Å². The molecule has 1 fully saturated rings. The molecule has 9 nitrogen and oxygen atoms in total. The predicted octanol–water partition coefficient (Wildman–Crippen LogP) is 7.55. The molecular formula is C32H39F2N7O2. The van der Waals surface area contributed by atoms with Crippen LogP contribution in [0, 0.1) is 24.5 Å². The number of imidazole rings is 1. The van der Waals surface area contributed by atoms with Crippen LogP contribution in [0.2, 0.25) is 0 Å². The summed E-state index contributed by atoms with van der Waals surface area (Å²) >= 11 is 0. The van der Waals surface area contributed by atoms with E-state index < -0.39 is 17.2 Å². The Morgan fingerprint density at radius 1 is 1.02 bits per heavy atom. The number of nitrogens with zero attached hydrogens (tertiary/aromatic N) is 6. The van der Waals surface area contributed by atoms with Crippen molar-refractivity contribution in [2.24, 2.45) is 5.92 Å². The molecule has 5 rings (SSSR count). The van der Waals surface area contributed by atoms with E-state index in [1.165, 1.54) is 6.07 Å². The van der Waals surface area contributed by atoms with Crippen molar-refractivity contribution in [1.82, 2.24) is 29.4 Å². The van der Waals surface area contributed by atoms with Crippen LogP contribution in [-0.4, -0.2) is 54.2 Å². The number of ether oxygens (including phenoxy) is 1. The summed E-state index contributed by atoms with van der Waals surface area (Å²) in [7, 11) is 0. The first kappa shape index (κ1) is 30.3. The second-order valence-electron chi connectivity index (χ2n) is 12.5. The molecule has 1 aliphatic rings. The van der Waals surface area contributed by atoms with E-state index >= 15 is 4.39 Å². The molecule has 0 bridgehead atoms. The molecule has 4 aromatic rings. The van der Waals surface area contributed by atoms with Gasteiger partial charge in [-0.25, -0.2) is 33.5 Å². The summed E-state index contributed by atoms with van der Waals surface area (Å²) in [4.78, 5) is 31.5. The van der Waals surface area contributed by atoms with Gasteiger partial charge in [0.2, 0.25) is 5.95 Å². The van der Waals surface area contributed by atoms with Gasteiger partial charge in [-0.1, -0.05) is 13.0 Å². The summed E-state index contributed by atoms with van der Waals surface area (Å²) in [5.41, 5.74) is 1.68. The topological polar surface area (TPSA) is 98.1 Å². The molecule has 0 aliphatic carbocycles. The molecule has 4 heterocycles. The average molecular weight is 592 g/mol. The van der Waals surface area contributed by atoms with Crippen molar-refractivity contribution >= 4 is 28.9 Å². The zero-order valence-corrected chi connectivity index (χ0v) is 25.8. The number of carbonyl (C=O) groups excluding carboxylic acids is 1. The largest absolute Gasteiger partial charge is 0.444 e. The van der Waals surface area contributed by atoms with E-state index in [1.807, 2.05) is 64.4 Å². The van der Waals surface area contributed by atoms with Gasteiger partial charge in [0.1, 0.15) is 28.5 Å². The minimum atomic E-state index is -0.661. The van der Waals surface area contributed by atoms with Gasteiger partial charge in [-0.15, -0.1) is 0 Å². The van der Waals surface area contributed by atoms with Crippen LogP contribution < -0.4 is 5.32 Å². The molecule has 0 spiro atoms. The number of aromatic nitrogens is 5. The molecule has 43 heavy (non-hydrogen) atoms. The summed E-state index contributed by atoms with van der Waals surface area (Å²) in [5.74, 6) is 0.800. The number of rotatable bonds is 6. The van der Waals surface area contributed by atoms with Crippen molar-refractivity contribution in [1.29, 1.82) is 0 Å². The summed E-state index contributed by atoms with van der Waals surface area (Å²) in [6.07, 6.45) is 4.39. The van der Waals surface area contributed by atoms with Gasteiger partial charge in [0.15, 0.2) is 11.6 Å². The van der Waals surface area contributed by atoms with Crippen molar-refractivity contribution in [3.63, 3.8) is 0 Å². The maximum absolute atomic E-state index is 15.0. The Hall–Kier alpha value is -4.15. The lowest BCUT2D eigenvalue weighted by molar-refractivity contribution is 0.0176. The normalized spacial score (nSPS) is 15.3. The van der Waals surface area contributed by atoms with Crippen LogP contribution in [0.4, 0.5) is 25.3 Å². The molecule has 3 aromatic heterocycles. The fraction of sp³-hybridized carbons (Fsp3) is 0.469. The van der Waals surface area contributed by atoms with Crippen molar-refractivity contribution in [2.75, 3.05) is 18.4 Å². The maximum Gasteiger partial charge on any atom is 0.410 e. The number of benzene rings is 1. The number of likely N-dealkylation sites (tertiary alicyclic amines) is 1. The fourth-order valence-corrected chi connectivity index (χ4v) is 5.73. The highest BCUT2D eigenvalue weighted by Crippen LogP contribution is 2.34. The monoisotopic (exact) mass is 591 g/mol. The third-order valence-electron chi connectivity index (χ3n) is 7.91. The van der Waals surface area contributed by atoms with Gasteiger partial charge in [0.25, 0.3) is 0 Å². The zero-order chi connectivity index (χ0) is 31.1. The van der Waals surface area contributed by atoms with Crippen molar-refractivity contribution < 1.29 is 18.3 Å². The van der Waals surface area contributed by atoms with E-state index in [2.05, 4.69) is 32.2 Å². The molecule has 1 amide bonds. The van der Waals surface area contributed by atoms with E-state index in [4.69, 9.17) is 4.74 Å². The van der Waals surface area contributed by atoms with E-state index in [0.717, 1.165) is 24.6 Å². The number of piperidine rings is 1. The highest BCUT2D eigenvalue weighted by atomic mass is 19.1. The molecule has 228 valence electrons. The van der Waals surface area contributed by atoms with Gasteiger partial charge in [-0.05, 0) is 90.0 Å². The van der Waals surface area contributed by atoms with Gasteiger partial charge in [0, 0.05) is 30.9 Å². The number of fused-ring (bicyclic) bond motifs is 1. The van der Waals surface area contributed by atoms with E-state index in [1.54, 1.807) is 11.0 Å². The quantitative estimate of drug-likeness (QED) is 0.247. The van der Waals surface area contributed by atoms with Crippen LogP contribution in [0.3, 0.4) is 0 Å². The highest BCUT2D eigenvalue weighted by molar-refractivity contribution is 5.83. The number of pyridine rings is 1. The third-order valence-corrected chi connectivity index (χ3v) is 7.91. The summed E-state index contributed by atoms with van der Waals surface area (Å²) in [6, 6.07) is 6.85. The summed E-state index contributed by atoms with van der Waals surface area (Å²) in [5, 5.41) is 3.04. The standard InChI is InChI=1S/C32H39F2N7O2/c1-18(2)41-20(4)37-29-24(33)14-23(15-26(29)41)28-25(34)17-36-30(39-28)38-27-9-8-22(16-35-27)19(3)21-10-12-40(13-11-21)31(42)43-32(5,6)7/h8-9,14-19,21H,10-13H2,1-7H3,(H,35,36,38,39). The van der Waals surface area contributed by atoms with Crippen molar-refractivity contribution in [2.45, 2.75) is 78.9 Å². The molecule has 0 saturated carbocycles. The van der Waals surface area contributed by atoms with Gasteiger partial charge < -0.3 is 19.5 Å². The number of halogens is 2. The van der Waals surface area contributed by atoms with Crippen LogP contribution in [0.15, 0.2) is 36.7 Å². The van der Waals surface area contributed by atoms with Gasteiger partial charge in [-0.2, -0.15) is 0 Å². The Kier molecular flexibility index (Phi) is 8.36. The molecular weight excluding hydrogens is 552 g/mol. The van der Waals surface area contributed by atoms with Gasteiger partial charge in [-0.3, -0.25) is 0 Å². The number of hydrogen-bond acceptors (Lipinski definition) is 7. The van der Waals surface area contributed by atoms with Gasteiger partial charge in [0.05, 0.1) is 11.7 Å². The van der Waals surface area contributed by atoms with Gasteiger partial charge >= 0.3 is 6.09 Å².